The van der Waals surface area contributed by atoms with Crippen LogP contribution in [0.15, 0.2) is 43.0 Å². The Balaban J connectivity index is 1.39. The first-order valence-corrected chi connectivity index (χ1v) is 10.4. The molecule has 29 heavy (non-hydrogen) atoms. The van der Waals surface area contributed by atoms with E-state index in [9.17, 15) is 17.2 Å². The number of hydrogen-bond donors (Lipinski definition) is 0. The summed E-state index contributed by atoms with van der Waals surface area (Å²) in [6, 6.07) is 6.30. The minimum Gasteiger partial charge on any atom is -0.352 e. The number of halogens is 2. The van der Waals surface area contributed by atoms with Crippen molar-refractivity contribution >= 4 is 15.8 Å². The number of piperazine rings is 1. The SMILES string of the molecule is O=S(=O)(Cc1cc(F)cc(F)c1)N1CCN(c2ccc(-n3cncn3)nn2)CC1. The van der Waals surface area contributed by atoms with Crippen LogP contribution in [0.4, 0.5) is 14.6 Å². The number of hydrogen-bond acceptors (Lipinski definition) is 7. The predicted molar refractivity (Wildman–Crippen MR) is 99.7 cm³/mol. The zero-order valence-corrected chi connectivity index (χ0v) is 16.0. The number of aromatic nitrogens is 5. The van der Waals surface area contributed by atoms with Gasteiger partial charge in [-0.3, -0.25) is 0 Å². The molecule has 3 heterocycles. The number of nitrogens with zero attached hydrogens (tertiary/aromatic N) is 7. The van der Waals surface area contributed by atoms with E-state index in [4.69, 9.17) is 0 Å². The minimum atomic E-state index is -3.69. The lowest BCUT2D eigenvalue weighted by molar-refractivity contribution is 0.383. The molecule has 3 aromatic rings. The summed E-state index contributed by atoms with van der Waals surface area (Å²) in [4.78, 5) is 5.77. The van der Waals surface area contributed by atoms with E-state index in [0.717, 1.165) is 12.1 Å². The molecule has 2 aromatic heterocycles. The lowest BCUT2D eigenvalue weighted by Gasteiger charge is -2.34. The van der Waals surface area contributed by atoms with Crippen LogP contribution in [-0.4, -0.2) is 63.9 Å². The van der Waals surface area contributed by atoms with Crippen LogP contribution in [0.25, 0.3) is 5.82 Å². The molecule has 4 rings (SSSR count). The van der Waals surface area contributed by atoms with Gasteiger partial charge < -0.3 is 4.90 Å². The van der Waals surface area contributed by atoms with Crippen LogP contribution in [0.3, 0.4) is 0 Å². The average molecular weight is 421 g/mol. The third-order valence-electron chi connectivity index (χ3n) is 4.52. The predicted octanol–water partition coefficient (Wildman–Crippen LogP) is 0.988. The van der Waals surface area contributed by atoms with Gasteiger partial charge in [0.05, 0.1) is 5.75 Å². The van der Waals surface area contributed by atoms with E-state index in [1.165, 1.54) is 21.6 Å². The van der Waals surface area contributed by atoms with Crippen LogP contribution >= 0.6 is 0 Å². The second kappa shape index (κ2) is 7.79. The van der Waals surface area contributed by atoms with E-state index in [2.05, 4.69) is 20.3 Å². The van der Waals surface area contributed by atoms with Crippen molar-refractivity contribution in [3.05, 3.63) is 60.2 Å². The molecule has 152 valence electrons. The van der Waals surface area contributed by atoms with Gasteiger partial charge in [-0.15, -0.1) is 10.2 Å². The van der Waals surface area contributed by atoms with Crippen LogP contribution < -0.4 is 4.90 Å². The quantitative estimate of drug-likeness (QED) is 0.606. The van der Waals surface area contributed by atoms with Crippen molar-refractivity contribution in [2.45, 2.75) is 5.75 Å². The van der Waals surface area contributed by atoms with Crippen molar-refractivity contribution in [2.24, 2.45) is 0 Å². The summed E-state index contributed by atoms with van der Waals surface area (Å²) in [6.07, 6.45) is 2.91. The minimum absolute atomic E-state index is 0.0829. The first-order chi connectivity index (χ1) is 13.9. The molecule has 12 heteroatoms. The summed E-state index contributed by atoms with van der Waals surface area (Å²) in [7, 11) is -3.69. The number of sulfonamides is 1. The van der Waals surface area contributed by atoms with Crippen molar-refractivity contribution in [3.8, 4) is 5.82 Å². The van der Waals surface area contributed by atoms with Gasteiger partial charge in [0.25, 0.3) is 0 Å². The maximum atomic E-state index is 13.3. The molecule has 0 spiro atoms. The molecule has 9 nitrogen and oxygen atoms in total. The highest BCUT2D eigenvalue weighted by Crippen LogP contribution is 2.18. The van der Waals surface area contributed by atoms with E-state index in [1.54, 1.807) is 12.1 Å². The lowest BCUT2D eigenvalue weighted by atomic mass is 10.2. The molecule has 1 fully saturated rings. The zero-order chi connectivity index (χ0) is 20.4. The lowest BCUT2D eigenvalue weighted by Crippen LogP contribution is -2.49. The maximum Gasteiger partial charge on any atom is 0.218 e. The molecule has 0 saturated carbocycles. The van der Waals surface area contributed by atoms with Crippen molar-refractivity contribution in [1.29, 1.82) is 0 Å². The maximum absolute atomic E-state index is 13.3. The fourth-order valence-electron chi connectivity index (χ4n) is 3.13. The Bertz CT molecular complexity index is 1060. The van der Waals surface area contributed by atoms with E-state index in [-0.39, 0.29) is 18.7 Å². The largest absolute Gasteiger partial charge is 0.352 e. The first kappa shape index (κ1) is 19.3. The second-order valence-corrected chi connectivity index (χ2v) is 8.48. The Morgan fingerprint density at radius 2 is 1.59 bits per heavy atom. The van der Waals surface area contributed by atoms with Gasteiger partial charge in [0.1, 0.15) is 24.3 Å². The summed E-state index contributed by atoms with van der Waals surface area (Å²) in [5.74, 6) is -0.901. The first-order valence-electron chi connectivity index (χ1n) is 8.77. The van der Waals surface area contributed by atoms with Gasteiger partial charge in [-0.05, 0) is 29.8 Å². The summed E-state index contributed by atoms with van der Waals surface area (Å²) in [5, 5.41) is 12.3. The fraction of sp³-hybridized carbons (Fsp3) is 0.294. The van der Waals surface area contributed by atoms with Crippen LogP contribution in [-0.2, 0) is 15.8 Å². The van der Waals surface area contributed by atoms with Gasteiger partial charge in [-0.1, -0.05) is 0 Å². The van der Waals surface area contributed by atoms with Gasteiger partial charge in [-0.2, -0.15) is 9.40 Å². The van der Waals surface area contributed by atoms with E-state index < -0.39 is 27.4 Å². The highest BCUT2D eigenvalue weighted by Gasteiger charge is 2.28. The topological polar surface area (TPSA) is 97.1 Å². The molecule has 0 N–H and O–H groups in total. The average Bonchev–Trinajstić information content (AvgIpc) is 3.22. The van der Waals surface area contributed by atoms with Crippen LogP contribution in [0.1, 0.15) is 5.56 Å². The fourth-order valence-corrected chi connectivity index (χ4v) is 4.62. The van der Waals surface area contributed by atoms with Crippen LogP contribution in [0, 0.1) is 11.6 Å². The van der Waals surface area contributed by atoms with Crippen molar-refractivity contribution in [2.75, 3.05) is 31.1 Å². The molecule has 1 aliphatic rings. The van der Waals surface area contributed by atoms with Crippen molar-refractivity contribution in [1.82, 2.24) is 29.3 Å². The third kappa shape index (κ3) is 4.38. The molecule has 0 aliphatic carbocycles. The van der Waals surface area contributed by atoms with Gasteiger partial charge in [-0.25, -0.2) is 26.9 Å². The highest BCUT2D eigenvalue weighted by atomic mass is 32.2. The zero-order valence-electron chi connectivity index (χ0n) is 15.2. The van der Waals surface area contributed by atoms with Gasteiger partial charge >= 0.3 is 0 Å². The van der Waals surface area contributed by atoms with Crippen LogP contribution in [0.2, 0.25) is 0 Å². The molecular formula is C17H17F2N7O2S. The standard InChI is InChI=1S/C17H17F2N7O2S/c18-14-7-13(8-15(19)9-14)10-29(27,28)25-5-3-24(4-6-25)16-1-2-17(23-22-16)26-12-20-11-21-26/h1-2,7-9,11-12H,3-6,10H2. The Morgan fingerprint density at radius 3 is 2.17 bits per heavy atom. The molecule has 1 aliphatic heterocycles. The molecule has 0 radical (unpaired) electrons. The molecule has 1 saturated heterocycles. The normalized spacial score (nSPS) is 15.6. The van der Waals surface area contributed by atoms with Gasteiger partial charge in [0.2, 0.25) is 10.0 Å². The monoisotopic (exact) mass is 421 g/mol. The van der Waals surface area contributed by atoms with Crippen LogP contribution in [0.5, 0.6) is 0 Å². The molecule has 1 aromatic carbocycles. The third-order valence-corrected chi connectivity index (χ3v) is 6.37. The summed E-state index contributed by atoms with van der Waals surface area (Å²) >= 11 is 0. The van der Waals surface area contributed by atoms with E-state index >= 15 is 0 Å². The Morgan fingerprint density at radius 1 is 0.931 bits per heavy atom. The summed E-state index contributed by atoms with van der Waals surface area (Å²) < 4.78 is 54.7. The van der Waals surface area contributed by atoms with E-state index in [0.29, 0.717) is 30.8 Å². The van der Waals surface area contributed by atoms with Crippen molar-refractivity contribution < 1.29 is 17.2 Å². The molecule has 0 unspecified atom stereocenters. The molecule has 0 atom stereocenters. The smallest absolute Gasteiger partial charge is 0.218 e. The number of benzene rings is 1. The number of anilines is 1. The van der Waals surface area contributed by atoms with Crippen molar-refractivity contribution in [3.63, 3.8) is 0 Å². The Kier molecular flexibility index (Phi) is 5.20. The Hall–Kier alpha value is -2.99. The second-order valence-electron chi connectivity index (χ2n) is 6.51. The van der Waals surface area contributed by atoms with Gasteiger partial charge in [0.15, 0.2) is 11.6 Å². The Labute approximate surface area is 165 Å². The van der Waals surface area contributed by atoms with Gasteiger partial charge in [0, 0.05) is 32.2 Å². The molecule has 0 amide bonds. The summed E-state index contributed by atoms with van der Waals surface area (Å²) in [6.45, 7) is 1.33. The highest BCUT2D eigenvalue weighted by molar-refractivity contribution is 7.88. The summed E-state index contributed by atoms with van der Waals surface area (Å²) in [5.41, 5.74) is 0.0829. The van der Waals surface area contributed by atoms with E-state index in [1.807, 2.05) is 4.90 Å². The molecule has 0 bridgehead atoms. The number of rotatable bonds is 5. The molecular weight excluding hydrogens is 404 g/mol.